The Hall–Kier alpha value is -1.95. The number of benzene rings is 3. The van der Waals surface area contributed by atoms with Crippen molar-refractivity contribution in [3.63, 3.8) is 0 Å². The molecule has 3 aromatic rings. The maximum atomic E-state index is 5.73. The average molecular weight is 376 g/mol. The van der Waals surface area contributed by atoms with Gasteiger partial charge in [0.2, 0.25) is 0 Å². The molecule has 1 atom stereocenters. The van der Waals surface area contributed by atoms with E-state index in [-0.39, 0.29) is 11.5 Å². The molecule has 2 heteroatoms. The van der Waals surface area contributed by atoms with Crippen LogP contribution in [0.15, 0.2) is 78.9 Å². The highest BCUT2D eigenvalue weighted by Gasteiger charge is 2.24. The summed E-state index contributed by atoms with van der Waals surface area (Å²) < 4.78 is 5.73. The molecule has 0 N–H and O–H groups in total. The van der Waals surface area contributed by atoms with E-state index >= 15 is 0 Å². The fraction of sp³-hybridized carbons (Fsp3) is 0.280. The van der Waals surface area contributed by atoms with E-state index in [1.807, 2.05) is 0 Å². The molecular formula is C25H29OP. The molecule has 140 valence electrons. The molecule has 3 aromatic carbocycles. The molecule has 0 unspecified atom stereocenters. The first-order valence-corrected chi connectivity index (χ1v) is 10.8. The normalized spacial score (nSPS) is 13.0. The van der Waals surface area contributed by atoms with Crippen molar-refractivity contribution in [2.45, 2.75) is 39.2 Å². The van der Waals surface area contributed by atoms with E-state index in [1.165, 1.54) is 27.0 Å². The summed E-state index contributed by atoms with van der Waals surface area (Å²) in [6.07, 6.45) is 0.0615. The van der Waals surface area contributed by atoms with Gasteiger partial charge in [-0.2, -0.15) is 0 Å². The Kier molecular flexibility index (Phi) is 6.15. The standard InChI is InChI=1S/C25H29OP/c1-19(26-5)23-17-16-20(25(2,3)4)18-24(23)27(21-12-8-6-9-13-21)22-14-10-7-11-15-22/h6-19H,1-5H3/t19-/m1/s1. The van der Waals surface area contributed by atoms with Crippen LogP contribution in [0.3, 0.4) is 0 Å². The first kappa shape index (κ1) is 19.8. The van der Waals surface area contributed by atoms with Crippen LogP contribution in [-0.2, 0) is 10.2 Å². The zero-order chi connectivity index (χ0) is 19.4. The Morgan fingerprint density at radius 3 is 1.74 bits per heavy atom. The number of methoxy groups -OCH3 is 1. The van der Waals surface area contributed by atoms with Gasteiger partial charge in [-0.15, -0.1) is 0 Å². The molecule has 0 aromatic heterocycles. The largest absolute Gasteiger partial charge is 0.377 e. The van der Waals surface area contributed by atoms with Crippen molar-refractivity contribution in [1.29, 1.82) is 0 Å². The average Bonchev–Trinajstić information content (AvgIpc) is 2.68. The summed E-state index contributed by atoms with van der Waals surface area (Å²) in [4.78, 5) is 0. The third-order valence-corrected chi connectivity index (χ3v) is 7.46. The quantitative estimate of drug-likeness (QED) is 0.538. The highest BCUT2D eigenvalue weighted by atomic mass is 31.1. The molecule has 1 nitrogen and oxygen atoms in total. The van der Waals surface area contributed by atoms with Crippen molar-refractivity contribution in [3.05, 3.63) is 90.0 Å². The summed E-state index contributed by atoms with van der Waals surface area (Å²) in [7, 11) is 1.14. The first-order valence-electron chi connectivity index (χ1n) is 9.49. The SMILES string of the molecule is CO[C@H](C)c1ccc(C(C)(C)C)cc1P(c1ccccc1)c1ccccc1. The third-order valence-electron chi connectivity index (χ3n) is 4.96. The first-order chi connectivity index (χ1) is 12.9. The summed E-state index contributed by atoms with van der Waals surface area (Å²) in [6, 6.07) is 28.7. The molecule has 0 heterocycles. The van der Waals surface area contributed by atoms with Gasteiger partial charge in [0.25, 0.3) is 0 Å². The molecule has 0 fully saturated rings. The lowest BCUT2D eigenvalue weighted by Gasteiger charge is -2.28. The lowest BCUT2D eigenvalue weighted by Crippen LogP contribution is -2.26. The minimum Gasteiger partial charge on any atom is -0.377 e. The Morgan fingerprint density at radius 2 is 1.30 bits per heavy atom. The van der Waals surface area contributed by atoms with Gasteiger partial charge in [0.1, 0.15) is 0 Å². The van der Waals surface area contributed by atoms with E-state index in [1.54, 1.807) is 7.11 Å². The van der Waals surface area contributed by atoms with E-state index in [2.05, 4.69) is 107 Å². The highest BCUT2D eigenvalue weighted by molar-refractivity contribution is 7.79. The highest BCUT2D eigenvalue weighted by Crippen LogP contribution is 2.37. The van der Waals surface area contributed by atoms with Gasteiger partial charge in [-0.25, -0.2) is 0 Å². The number of hydrogen-bond donors (Lipinski definition) is 0. The number of ether oxygens (including phenoxy) is 1. The zero-order valence-electron chi connectivity index (χ0n) is 16.9. The lowest BCUT2D eigenvalue weighted by molar-refractivity contribution is 0.120. The van der Waals surface area contributed by atoms with Gasteiger partial charge in [-0.3, -0.25) is 0 Å². The minimum absolute atomic E-state index is 0.0615. The second-order valence-electron chi connectivity index (χ2n) is 7.91. The van der Waals surface area contributed by atoms with Gasteiger partial charge in [0.05, 0.1) is 6.10 Å². The molecule has 0 aliphatic carbocycles. The van der Waals surface area contributed by atoms with E-state index < -0.39 is 7.92 Å². The smallest absolute Gasteiger partial charge is 0.0799 e. The molecule has 27 heavy (non-hydrogen) atoms. The Morgan fingerprint density at radius 1 is 0.778 bits per heavy atom. The van der Waals surface area contributed by atoms with Crippen molar-refractivity contribution in [2.24, 2.45) is 0 Å². The Labute approximate surface area is 165 Å². The van der Waals surface area contributed by atoms with Gasteiger partial charge in [0.15, 0.2) is 0 Å². The van der Waals surface area contributed by atoms with E-state index in [4.69, 9.17) is 4.74 Å². The lowest BCUT2D eigenvalue weighted by atomic mass is 9.86. The summed E-state index contributed by atoms with van der Waals surface area (Å²) in [5, 5.41) is 4.13. The maximum absolute atomic E-state index is 5.73. The molecule has 0 saturated heterocycles. The third kappa shape index (κ3) is 4.49. The van der Waals surface area contributed by atoms with Crippen LogP contribution in [0, 0.1) is 0 Å². The van der Waals surface area contributed by atoms with E-state index in [0.29, 0.717) is 0 Å². The van der Waals surface area contributed by atoms with Crippen molar-refractivity contribution in [1.82, 2.24) is 0 Å². The monoisotopic (exact) mass is 376 g/mol. The Bertz CT molecular complexity index is 826. The van der Waals surface area contributed by atoms with Crippen molar-refractivity contribution in [2.75, 3.05) is 7.11 Å². The molecule has 0 radical (unpaired) electrons. The van der Waals surface area contributed by atoms with Gasteiger partial charge >= 0.3 is 0 Å². The Balaban J connectivity index is 2.27. The van der Waals surface area contributed by atoms with Crippen molar-refractivity contribution >= 4 is 23.8 Å². The molecule has 0 amide bonds. The van der Waals surface area contributed by atoms with Crippen LogP contribution in [-0.4, -0.2) is 7.11 Å². The summed E-state index contributed by atoms with van der Waals surface area (Å²) in [5.41, 5.74) is 2.76. The predicted molar refractivity (Wildman–Crippen MR) is 119 cm³/mol. The fourth-order valence-corrected chi connectivity index (χ4v) is 5.83. The fourth-order valence-electron chi connectivity index (χ4n) is 3.26. The maximum Gasteiger partial charge on any atom is 0.0799 e. The molecule has 0 aliphatic rings. The van der Waals surface area contributed by atoms with Crippen LogP contribution in [0.5, 0.6) is 0 Å². The predicted octanol–water partition coefficient (Wildman–Crippen LogP) is 5.45. The van der Waals surface area contributed by atoms with E-state index in [0.717, 1.165) is 0 Å². The summed E-state index contributed by atoms with van der Waals surface area (Å²) in [5.74, 6) is 0. The molecule has 0 aliphatic heterocycles. The topological polar surface area (TPSA) is 9.23 Å². The molecule has 0 spiro atoms. The minimum atomic E-state index is -0.648. The number of rotatable bonds is 5. The number of hydrogen-bond acceptors (Lipinski definition) is 1. The van der Waals surface area contributed by atoms with Crippen molar-refractivity contribution in [3.8, 4) is 0 Å². The molecular weight excluding hydrogens is 347 g/mol. The van der Waals surface area contributed by atoms with Gasteiger partial charge in [-0.05, 0) is 53.4 Å². The molecule has 3 rings (SSSR count). The second kappa shape index (κ2) is 8.38. The summed E-state index contributed by atoms with van der Waals surface area (Å²) in [6.45, 7) is 8.97. The zero-order valence-corrected chi connectivity index (χ0v) is 17.8. The van der Waals surface area contributed by atoms with Crippen LogP contribution in [0.4, 0.5) is 0 Å². The van der Waals surface area contributed by atoms with Crippen LogP contribution in [0.2, 0.25) is 0 Å². The van der Waals surface area contributed by atoms with Crippen LogP contribution in [0.1, 0.15) is 44.9 Å². The molecule has 0 saturated carbocycles. The molecule has 0 bridgehead atoms. The second-order valence-corrected chi connectivity index (χ2v) is 10.1. The van der Waals surface area contributed by atoms with E-state index in [9.17, 15) is 0 Å². The van der Waals surface area contributed by atoms with Crippen LogP contribution < -0.4 is 15.9 Å². The van der Waals surface area contributed by atoms with Crippen LogP contribution in [0.25, 0.3) is 0 Å². The van der Waals surface area contributed by atoms with Gasteiger partial charge in [-0.1, -0.05) is 93.6 Å². The van der Waals surface area contributed by atoms with Gasteiger partial charge in [0, 0.05) is 7.11 Å². The summed E-state index contributed by atoms with van der Waals surface area (Å²) >= 11 is 0. The van der Waals surface area contributed by atoms with Crippen LogP contribution >= 0.6 is 7.92 Å². The van der Waals surface area contributed by atoms with Crippen molar-refractivity contribution < 1.29 is 4.74 Å². The van der Waals surface area contributed by atoms with Gasteiger partial charge < -0.3 is 4.74 Å².